The van der Waals surface area contributed by atoms with Crippen molar-refractivity contribution < 1.29 is 22.7 Å². The first-order chi connectivity index (χ1) is 19.4. The van der Waals surface area contributed by atoms with Crippen molar-refractivity contribution >= 4 is 39.1 Å². The molecule has 220 valence electrons. The zero-order valence-electron chi connectivity index (χ0n) is 24.3. The Morgan fingerprint density at radius 3 is 2.17 bits per heavy atom. The average molecular weight is 600 g/mol. The highest BCUT2D eigenvalue weighted by molar-refractivity contribution is 7.92. The first kappa shape index (κ1) is 32.0. The molecule has 0 saturated heterocycles. The van der Waals surface area contributed by atoms with Crippen LogP contribution in [0.25, 0.3) is 0 Å². The summed E-state index contributed by atoms with van der Waals surface area (Å²) >= 11 is 6.38. The maximum Gasteiger partial charge on any atom is 0.264 e. The standard InChI is InChI=1S/C31H38ClN3O5S/c1-7-23(4)33-31(37)24(5)34(19-25-11-14-27(40-6)15-12-25)30(36)20-35(26-13-10-22(3)29(32)18-26)41(38,39)28-16-8-21(2)9-17-28/h8-18,23-24H,7,19-20H2,1-6H3,(H,33,37)/t23-,24+/m0/s1. The number of anilines is 1. The Kier molecular flexibility index (Phi) is 10.8. The fourth-order valence-electron chi connectivity index (χ4n) is 4.08. The molecular formula is C31H38ClN3O5S. The third-order valence-electron chi connectivity index (χ3n) is 7.01. The van der Waals surface area contributed by atoms with E-state index in [2.05, 4.69) is 5.32 Å². The summed E-state index contributed by atoms with van der Waals surface area (Å²) in [6.07, 6.45) is 0.724. The normalized spacial score (nSPS) is 12.8. The molecule has 10 heteroatoms. The van der Waals surface area contributed by atoms with Gasteiger partial charge >= 0.3 is 0 Å². The average Bonchev–Trinajstić information content (AvgIpc) is 2.96. The molecule has 0 aliphatic heterocycles. The number of amides is 2. The number of rotatable bonds is 12. The van der Waals surface area contributed by atoms with Gasteiger partial charge in [-0.3, -0.25) is 13.9 Å². The van der Waals surface area contributed by atoms with E-state index >= 15 is 0 Å². The lowest BCUT2D eigenvalue weighted by Gasteiger charge is -2.32. The van der Waals surface area contributed by atoms with Crippen LogP contribution in [0.2, 0.25) is 5.02 Å². The monoisotopic (exact) mass is 599 g/mol. The first-order valence-electron chi connectivity index (χ1n) is 13.5. The van der Waals surface area contributed by atoms with Gasteiger partial charge in [-0.15, -0.1) is 0 Å². The number of halogens is 1. The molecule has 0 spiro atoms. The largest absolute Gasteiger partial charge is 0.497 e. The lowest BCUT2D eigenvalue weighted by molar-refractivity contribution is -0.139. The Morgan fingerprint density at radius 1 is 0.976 bits per heavy atom. The second-order valence-electron chi connectivity index (χ2n) is 10.1. The summed E-state index contributed by atoms with van der Waals surface area (Å²) in [7, 11) is -2.61. The number of hydrogen-bond acceptors (Lipinski definition) is 5. The third kappa shape index (κ3) is 8.01. The van der Waals surface area contributed by atoms with E-state index < -0.39 is 28.5 Å². The Balaban J connectivity index is 2.04. The molecule has 0 aromatic heterocycles. The van der Waals surface area contributed by atoms with Crippen molar-refractivity contribution in [2.75, 3.05) is 18.0 Å². The lowest BCUT2D eigenvalue weighted by atomic mass is 10.1. The van der Waals surface area contributed by atoms with Crippen LogP contribution in [0.5, 0.6) is 5.75 Å². The zero-order chi connectivity index (χ0) is 30.3. The van der Waals surface area contributed by atoms with E-state index in [1.165, 1.54) is 23.1 Å². The van der Waals surface area contributed by atoms with Gasteiger partial charge in [-0.1, -0.05) is 54.4 Å². The van der Waals surface area contributed by atoms with Gasteiger partial charge in [-0.05, 0) is 81.6 Å². The maximum atomic E-state index is 14.0. The van der Waals surface area contributed by atoms with Crippen molar-refractivity contribution in [3.63, 3.8) is 0 Å². The van der Waals surface area contributed by atoms with Crippen molar-refractivity contribution in [3.8, 4) is 5.75 Å². The summed E-state index contributed by atoms with van der Waals surface area (Å²) in [5, 5.41) is 3.30. The Labute approximate surface area is 248 Å². The van der Waals surface area contributed by atoms with Gasteiger partial charge in [-0.2, -0.15) is 0 Å². The summed E-state index contributed by atoms with van der Waals surface area (Å²) in [6, 6.07) is 17.5. The molecule has 8 nitrogen and oxygen atoms in total. The second-order valence-corrected chi connectivity index (χ2v) is 12.4. The van der Waals surface area contributed by atoms with Gasteiger partial charge in [-0.25, -0.2) is 8.42 Å². The number of methoxy groups -OCH3 is 1. The third-order valence-corrected chi connectivity index (χ3v) is 9.21. The highest BCUT2D eigenvalue weighted by Crippen LogP contribution is 2.29. The molecule has 1 N–H and O–H groups in total. The van der Waals surface area contributed by atoms with Crippen LogP contribution >= 0.6 is 11.6 Å². The summed E-state index contributed by atoms with van der Waals surface area (Å²) in [5.41, 5.74) is 2.67. The number of ether oxygens (including phenoxy) is 1. The number of carbonyl (C=O) groups excluding carboxylic acids is 2. The van der Waals surface area contributed by atoms with E-state index in [1.54, 1.807) is 62.6 Å². The fraction of sp³-hybridized carbons (Fsp3) is 0.355. The van der Waals surface area contributed by atoms with Crippen molar-refractivity contribution in [2.24, 2.45) is 0 Å². The van der Waals surface area contributed by atoms with E-state index in [4.69, 9.17) is 16.3 Å². The topological polar surface area (TPSA) is 96.0 Å². The number of aryl methyl sites for hydroxylation is 2. The van der Waals surface area contributed by atoms with Crippen LogP contribution in [0.1, 0.15) is 43.9 Å². The van der Waals surface area contributed by atoms with Gasteiger partial charge in [0.25, 0.3) is 10.0 Å². The molecule has 0 heterocycles. The second kappa shape index (κ2) is 13.9. The summed E-state index contributed by atoms with van der Waals surface area (Å²) in [6.45, 7) is 8.71. The predicted molar refractivity (Wildman–Crippen MR) is 163 cm³/mol. The molecule has 0 unspecified atom stereocenters. The maximum absolute atomic E-state index is 14.0. The van der Waals surface area contributed by atoms with Crippen molar-refractivity contribution in [3.05, 3.63) is 88.4 Å². The Morgan fingerprint density at radius 2 is 1.61 bits per heavy atom. The SMILES string of the molecule is CC[C@H](C)NC(=O)[C@@H](C)N(Cc1ccc(OC)cc1)C(=O)CN(c1ccc(C)c(Cl)c1)S(=O)(=O)c1ccc(C)cc1. The van der Waals surface area contributed by atoms with Crippen LogP contribution in [0.3, 0.4) is 0 Å². The zero-order valence-corrected chi connectivity index (χ0v) is 25.9. The Bertz CT molecular complexity index is 1460. The fourth-order valence-corrected chi connectivity index (χ4v) is 5.66. The number of sulfonamides is 1. The molecule has 0 aliphatic carbocycles. The van der Waals surface area contributed by atoms with Gasteiger partial charge in [0.05, 0.1) is 17.7 Å². The first-order valence-corrected chi connectivity index (χ1v) is 15.3. The van der Waals surface area contributed by atoms with Gasteiger partial charge in [0.1, 0.15) is 18.3 Å². The van der Waals surface area contributed by atoms with Crippen LogP contribution in [-0.2, 0) is 26.2 Å². The highest BCUT2D eigenvalue weighted by atomic mass is 35.5. The number of carbonyl (C=O) groups is 2. The molecule has 0 aliphatic rings. The van der Waals surface area contributed by atoms with Crippen LogP contribution in [0.15, 0.2) is 71.6 Å². The lowest BCUT2D eigenvalue weighted by Crippen LogP contribution is -2.52. The Hall–Kier alpha value is -3.56. The molecule has 3 aromatic rings. The summed E-state index contributed by atoms with van der Waals surface area (Å²) in [5.74, 6) is -0.214. The predicted octanol–water partition coefficient (Wildman–Crippen LogP) is 5.49. The number of hydrogen-bond donors (Lipinski definition) is 1. The minimum Gasteiger partial charge on any atom is -0.497 e. The van der Waals surface area contributed by atoms with E-state index in [1.807, 2.05) is 27.7 Å². The summed E-state index contributed by atoms with van der Waals surface area (Å²) in [4.78, 5) is 28.6. The highest BCUT2D eigenvalue weighted by Gasteiger charge is 2.33. The minimum absolute atomic E-state index is 0.0388. The number of nitrogens with one attached hydrogen (secondary N) is 1. The van der Waals surface area contributed by atoms with Gasteiger partial charge in [0, 0.05) is 17.6 Å². The summed E-state index contributed by atoms with van der Waals surface area (Å²) < 4.78 is 34.2. The van der Waals surface area contributed by atoms with Crippen molar-refractivity contribution in [2.45, 2.75) is 64.6 Å². The van der Waals surface area contributed by atoms with Crippen LogP contribution in [0.4, 0.5) is 5.69 Å². The number of nitrogens with zero attached hydrogens (tertiary/aromatic N) is 2. The molecule has 41 heavy (non-hydrogen) atoms. The molecule has 2 amide bonds. The molecule has 2 atom stereocenters. The molecule has 0 radical (unpaired) electrons. The number of benzene rings is 3. The quantitative estimate of drug-likeness (QED) is 0.297. The minimum atomic E-state index is -4.17. The van der Waals surface area contributed by atoms with Gasteiger partial charge in [0.15, 0.2) is 0 Å². The molecule has 0 bridgehead atoms. The van der Waals surface area contributed by atoms with E-state index in [0.29, 0.717) is 10.8 Å². The van der Waals surface area contributed by atoms with E-state index in [0.717, 1.165) is 27.4 Å². The molecule has 3 rings (SSSR count). The van der Waals surface area contributed by atoms with E-state index in [9.17, 15) is 18.0 Å². The van der Waals surface area contributed by atoms with Crippen LogP contribution in [0, 0.1) is 13.8 Å². The molecule has 3 aromatic carbocycles. The smallest absolute Gasteiger partial charge is 0.264 e. The van der Waals surface area contributed by atoms with Crippen molar-refractivity contribution in [1.29, 1.82) is 0 Å². The van der Waals surface area contributed by atoms with Gasteiger partial charge < -0.3 is 15.0 Å². The van der Waals surface area contributed by atoms with Crippen LogP contribution in [-0.4, -0.2) is 50.9 Å². The van der Waals surface area contributed by atoms with Crippen LogP contribution < -0.4 is 14.4 Å². The van der Waals surface area contributed by atoms with Crippen molar-refractivity contribution in [1.82, 2.24) is 10.2 Å². The molecular weight excluding hydrogens is 562 g/mol. The van der Waals surface area contributed by atoms with E-state index in [-0.39, 0.29) is 29.1 Å². The van der Waals surface area contributed by atoms with Gasteiger partial charge in [0.2, 0.25) is 11.8 Å². The molecule has 0 saturated carbocycles. The molecule has 0 fully saturated rings.